The van der Waals surface area contributed by atoms with E-state index in [1.54, 1.807) is 4.90 Å². The number of carboxylic acids is 1. The summed E-state index contributed by atoms with van der Waals surface area (Å²) in [6.45, 7) is 2.18. The van der Waals surface area contributed by atoms with Gasteiger partial charge in [0, 0.05) is 6.54 Å². The Balaban J connectivity index is 2.00. The number of hydrogen-bond donors (Lipinski definition) is 3. The standard InChI is InChI=1S/C14H22N2O5/c1-2-10-12(18)15-11(17)7-16(10)8-14(21)5-3-9(4-6-14)13(19)20/h9-10,21H,2-8H2,1H3,(H,19,20)(H,15,17,18). The molecule has 0 spiro atoms. The molecule has 1 saturated heterocycles. The number of β-amino-alcohol motifs (C(OH)–C–C–N with tert-alkyl or cyclic N) is 1. The van der Waals surface area contributed by atoms with Crippen LogP contribution in [0.3, 0.4) is 0 Å². The van der Waals surface area contributed by atoms with Crippen LogP contribution in [0, 0.1) is 5.92 Å². The van der Waals surface area contributed by atoms with E-state index < -0.39 is 23.5 Å². The van der Waals surface area contributed by atoms with Crippen LogP contribution in [0.5, 0.6) is 0 Å². The van der Waals surface area contributed by atoms with Crippen LogP contribution in [0.4, 0.5) is 0 Å². The summed E-state index contributed by atoms with van der Waals surface area (Å²) >= 11 is 0. The Morgan fingerprint density at radius 1 is 1.38 bits per heavy atom. The van der Waals surface area contributed by atoms with Gasteiger partial charge >= 0.3 is 5.97 Å². The molecule has 1 saturated carbocycles. The molecule has 118 valence electrons. The van der Waals surface area contributed by atoms with Crippen molar-refractivity contribution in [1.82, 2.24) is 10.2 Å². The number of carbonyl (C=O) groups is 3. The van der Waals surface area contributed by atoms with Crippen molar-refractivity contribution in [2.24, 2.45) is 5.92 Å². The minimum atomic E-state index is -1.02. The molecule has 0 radical (unpaired) electrons. The highest BCUT2D eigenvalue weighted by molar-refractivity contribution is 6.01. The van der Waals surface area contributed by atoms with Crippen molar-refractivity contribution in [3.8, 4) is 0 Å². The fourth-order valence-electron chi connectivity index (χ4n) is 3.27. The summed E-state index contributed by atoms with van der Waals surface area (Å²) in [4.78, 5) is 36.0. The van der Waals surface area contributed by atoms with Gasteiger partial charge in [-0.25, -0.2) is 0 Å². The summed E-state index contributed by atoms with van der Waals surface area (Å²) in [6.07, 6.45) is 2.18. The molecule has 1 atom stereocenters. The topological polar surface area (TPSA) is 107 Å². The van der Waals surface area contributed by atoms with Crippen LogP contribution in [0.25, 0.3) is 0 Å². The van der Waals surface area contributed by atoms with Crippen LogP contribution in [0.1, 0.15) is 39.0 Å². The number of rotatable bonds is 4. The van der Waals surface area contributed by atoms with E-state index >= 15 is 0 Å². The second kappa shape index (κ2) is 6.11. The highest BCUT2D eigenvalue weighted by Gasteiger charge is 2.41. The first-order valence-electron chi connectivity index (χ1n) is 7.37. The summed E-state index contributed by atoms with van der Waals surface area (Å²) in [5.74, 6) is -1.90. The van der Waals surface area contributed by atoms with Gasteiger partial charge in [-0.15, -0.1) is 0 Å². The summed E-state index contributed by atoms with van der Waals surface area (Å²) in [5.41, 5.74) is -1.02. The molecular weight excluding hydrogens is 276 g/mol. The van der Waals surface area contributed by atoms with Crippen LogP contribution in [-0.2, 0) is 14.4 Å². The Kier molecular flexibility index (Phi) is 4.63. The Morgan fingerprint density at radius 3 is 2.52 bits per heavy atom. The van der Waals surface area contributed by atoms with Crippen molar-refractivity contribution >= 4 is 17.8 Å². The third kappa shape index (κ3) is 3.59. The summed E-state index contributed by atoms with van der Waals surface area (Å²) in [7, 11) is 0. The molecule has 0 bridgehead atoms. The number of imide groups is 1. The lowest BCUT2D eigenvalue weighted by Gasteiger charge is -2.42. The summed E-state index contributed by atoms with van der Waals surface area (Å²) in [5, 5.41) is 21.9. The summed E-state index contributed by atoms with van der Waals surface area (Å²) < 4.78 is 0. The van der Waals surface area contributed by atoms with Crippen LogP contribution in [0.15, 0.2) is 0 Å². The van der Waals surface area contributed by atoms with Gasteiger partial charge in [0.25, 0.3) is 0 Å². The van der Waals surface area contributed by atoms with Gasteiger partial charge in [0.15, 0.2) is 0 Å². The largest absolute Gasteiger partial charge is 0.481 e. The Morgan fingerprint density at radius 2 is 2.00 bits per heavy atom. The zero-order valence-corrected chi connectivity index (χ0v) is 12.2. The molecule has 1 aliphatic heterocycles. The van der Waals surface area contributed by atoms with Crippen molar-refractivity contribution in [3.63, 3.8) is 0 Å². The minimum absolute atomic E-state index is 0.0922. The molecule has 2 fully saturated rings. The van der Waals surface area contributed by atoms with E-state index in [2.05, 4.69) is 5.32 Å². The van der Waals surface area contributed by atoms with Crippen molar-refractivity contribution in [2.75, 3.05) is 13.1 Å². The number of piperazine rings is 1. The molecule has 2 aliphatic rings. The first-order chi connectivity index (χ1) is 9.84. The maximum atomic E-state index is 11.8. The highest BCUT2D eigenvalue weighted by Crippen LogP contribution is 2.33. The molecule has 7 nitrogen and oxygen atoms in total. The number of carboxylic acid groups (broad SMARTS) is 1. The molecule has 2 amide bonds. The first-order valence-corrected chi connectivity index (χ1v) is 7.37. The van der Waals surface area contributed by atoms with Crippen molar-refractivity contribution in [2.45, 2.75) is 50.7 Å². The van der Waals surface area contributed by atoms with Crippen LogP contribution in [-0.4, -0.2) is 57.6 Å². The molecule has 1 unspecified atom stereocenters. The average molecular weight is 298 g/mol. The van der Waals surface area contributed by atoms with Crippen molar-refractivity contribution in [1.29, 1.82) is 0 Å². The van der Waals surface area contributed by atoms with Crippen molar-refractivity contribution in [3.05, 3.63) is 0 Å². The smallest absolute Gasteiger partial charge is 0.306 e. The molecule has 2 rings (SSSR count). The normalized spacial score (nSPS) is 34.6. The van der Waals surface area contributed by atoms with Crippen molar-refractivity contribution < 1.29 is 24.6 Å². The zero-order chi connectivity index (χ0) is 15.6. The van der Waals surface area contributed by atoms with Gasteiger partial charge in [0.1, 0.15) is 0 Å². The number of amides is 2. The SMILES string of the molecule is CCC1C(=O)NC(=O)CN1CC1(O)CCC(C(=O)O)CC1. The molecule has 1 aliphatic carbocycles. The Bertz CT molecular complexity index is 443. The average Bonchev–Trinajstić information content (AvgIpc) is 2.38. The molecule has 0 aromatic heterocycles. The van der Waals surface area contributed by atoms with E-state index in [0.717, 1.165) is 0 Å². The molecular formula is C14H22N2O5. The second-order valence-electron chi connectivity index (χ2n) is 6.08. The van der Waals surface area contributed by atoms with Gasteiger partial charge in [-0.05, 0) is 32.1 Å². The maximum absolute atomic E-state index is 11.8. The number of hydrogen-bond acceptors (Lipinski definition) is 5. The van der Waals surface area contributed by atoms with Gasteiger partial charge in [-0.1, -0.05) is 6.92 Å². The number of carbonyl (C=O) groups excluding carboxylic acids is 2. The van der Waals surface area contributed by atoms with Gasteiger partial charge < -0.3 is 10.2 Å². The predicted molar refractivity (Wildman–Crippen MR) is 73.3 cm³/mol. The predicted octanol–water partition coefficient (Wildman–Crippen LogP) is -0.271. The van der Waals surface area contributed by atoms with Crippen LogP contribution < -0.4 is 5.32 Å². The van der Waals surface area contributed by atoms with E-state index in [0.29, 0.717) is 32.1 Å². The Hall–Kier alpha value is -1.47. The van der Waals surface area contributed by atoms with Gasteiger partial charge in [-0.2, -0.15) is 0 Å². The third-order valence-electron chi connectivity index (χ3n) is 4.50. The monoisotopic (exact) mass is 298 g/mol. The molecule has 3 N–H and O–H groups in total. The molecule has 7 heteroatoms. The van der Waals surface area contributed by atoms with Gasteiger partial charge in [0.2, 0.25) is 11.8 Å². The number of aliphatic carboxylic acids is 1. The fraction of sp³-hybridized carbons (Fsp3) is 0.786. The molecule has 1 heterocycles. The van der Waals surface area contributed by atoms with Gasteiger partial charge in [0.05, 0.1) is 24.1 Å². The van der Waals surface area contributed by atoms with Gasteiger partial charge in [-0.3, -0.25) is 24.6 Å². The first kappa shape index (κ1) is 15.9. The lowest BCUT2D eigenvalue weighted by atomic mass is 9.78. The zero-order valence-electron chi connectivity index (χ0n) is 12.2. The van der Waals surface area contributed by atoms with E-state index in [-0.39, 0.29) is 24.9 Å². The molecule has 0 aromatic rings. The fourth-order valence-corrected chi connectivity index (χ4v) is 3.27. The van der Waals surface area contributed by atoms with Crippen LogP contribution in [0.2, 0.25) is 0 Å². The van der Waals surface area contributed by atoms with E-state index in [4.69, 9.17) is 5.11 Å². The minimum Gasteiger partial charge on any atom is -0.481 e. The van der Waals surface area contributed by atoms with E-state index in [9.17, 15) is 19.5 Å². The number of nitrogens with zero attached hydrogens (tertiary/aromatic N) is 1. The highest BCUT2D eigenvalue weighted by atomic mass is 16.4. The lowest BCUT2D eigenvalue weighted by molar-refractivity contribution is -0.146. The summed E-state index contributed by atoms with van der Waals surface area (Å²) in [6, 6.07) is -0.413. The van der Waals surface area contributed by atoms with Crippen LogP contribution >= 0.6 is 0 Å². The van der Waals surface area contributed by atoms with E-state index in [1.807, 2.05) is 6.92 Å². The van der Waals surface area contributed by atoms with E-state index in [1.165, 1.54) is 0 Å². The lowest BCUT2D eigenvalue weighted by Crippen LogP contribution is -2.61. The number of aliphatic hydroxyl groups is 1. The Labute approximate surface area is 123 Å². The maximum Gasteiger partial charge on any atom is 0.306 e. The number of nitrogens with one attached hydrogen (secondary N) is 1. The molecule has 21 heavy (non-hydrogen) atoms. The third-order valence-corrected chi connectivity index (χ3v) is 4.50. The quantitative estimate of drug-likeness (QED) is 0.617. The second-order valence-corrected chi connectivity index (χ2v) is 6.08. The molecule has 0 aromatic carbocycles.